The first-order valence-electron chi connectivity index (χ1n) is 3.70. The van der Waals surface area contributed by atoms with Gasteiger partial charge >= 0.3 is 11.9 Å². The zero-order valence-corrected chi connectivity index (χ0v) is 9.87. The lowest BCUT2D eigenvalue weighted by Crippen LogP contribution is -2.09. The minimum atomic E-state index is -1.34. The number of pyridine rings is 1. The Morgan fingerprint density at radius 1 is 1.19 bits per heavy atom. The first-order valence-corrected chi connectivity index (χ1v) is 5.01. The molecule has 1 heterocycles. The summed E-state index contributed by atoms with van der Waals surface area (Å²) in [5, 5.41) is 17.0. The zero-order chi connectivity index (χ0) is 12.7. The Hall–Kier alpha value is -1.04. The van der Waals surface area contributed by atoms with Crippen molar-refractivity contribution in [2.45, 2.75) is 4.30 Å². The van der Waals surface area contributed by atoms with Crippen LogP contribution in [-0.2, 0) is 0 Å². The van der Waals surface area contributed by atoms with Crippen LogP contribution in [0.4, 0.5) is 0 Å². The van der Waals surface area contributed by atoms with E-state index in [1.165, 1.54) is 18.3 Å². The molecule has 0 bridgehead atoms. The standard InChI is InChI=1S/C7H5NO4.CHCl3/c9-6(10)4-2-1-3-8-5(4)7(11)12;2-1(3)4/h1-3H,(H,9,10)(H,11,12);1H. The van der Waals surface area contributed by atoms with Gasteiger partial charge < -0.3 is 10.2 Å². The fourth-order valence-electron chi connectivity index (χ4n) is 0.748. The minimum absolute atomic E-state index is 0.301. The van der Waals surface area contributed by atoms with Crippen LogP contribution in [0.3, 0.4) is 0 Å². The molecule has 0 radical (unpaired) electrons. The van der Waals surface area contributed by atoms with E-state index in [2.05, 4.69) is 4.98 Å². The third kappa shape index (κ3) is 5.75. The van der Waals surface area contributed by atoms with Crippen molar-refractivity contribution < 1.29 is 19.8 Å². The van der Waals surface area contributed by atoms with Crippen LogP contribution >= 0.6 is 34.8 Å². The quantitative estimate of drug-likeness (QED) is 0.815. The Balaban J connectivity index is 0.000000487. The SMILES string of the molecule is ClC(Cl)Cl.O=C(O)c1cccnc1C(=O)O. The maximum atomic E-state index is 10.4. The van der Waals surface area contributed by atoms with Crippen molar-refractivity contribution in [3.63, 3.8) is 0 Å². The summed E-state index contributed by atoms with van der Waals surface area (Å²) in [5.41, 5.74) is -0.741. The van der Waals surface area contributed by atoms with Crippen molar-refractivity contribution >= 4 is 46.7 Å². The Labute approximate surface area is 106 Å². The molecule has 0 unspecified atom stereocenters. The Bertz CT molecular complexity index is 348. The molecule has 0 aliphatic rings. The molecule has 0 saturated heterocycles. The second-order valence-electron chi connectivity index (χ2n) is 2.26. The van der Waals surface area contributed by atoms with E-state index in [0.717, 1.165) is 0 Å². The smallest absolute Gasteiger partial charge is 0.355 e. The number of aromatic carboxylic acids is 2. The fourth-order valence-corrected chi connectivity index (χ4v) is 0.748. The molecule has 8 heteroatoms. The molecule has 0 amide bonds. The highest BCUT2D eigenvalue weighted by molar-refractivity contribution is 6.63. The Kier molecular flexibility index (Phi) is 6.80. The lowest BCUT2D eigenvalue weighted by atomic mass is 10.2. The third-order valence-electron chi connectivity index (χ3n) is 1.24. The number of halogens is 3. The molecular weight excluding hydrogens is 280 g/mol. The van der Waals surface area contributed by atoms with Gasteiger partial charge in [0.25, 0.3) is 0 Å². The second kappa shape index (κ2) is 7.27. The molecule has 2 N–H and O–H groups in total. The number of hydrogen-bond donors (Lipinski definition) is 2. The maximum absolute atomic E-state index is 10.4. The van der Waals surface area contributed by atoms with Gasteiger partial charge in [-0.3, -0.25) is 0 Å². The summed E-state index contributed by atoms with van der Waals surface area (Å²) in [5.74, 6) is -2.63. The molecule has 1 rings (SSSR count). The molecule has 0 saturated carbocycles. The Morgan fingerprint density at radius 3 is 2.00 bits per heavy atom. The number of rotatable bonds is 2. The van der Waals surface area contributed by atoms with Gasteiger partial charge in [-0.1, -0.05) is 34.8 Å². The van der Waals surface area contributed by atoms with Crippen LogP contribution < -0.4 is 0 Å². The molecule has 88 valence electrons. The van der Waals surface area contributed by atoms with E-state index < -0.39 is 21.9 Å². The second-order valence-corrected chi connectivity index (χ2v) is 4.24. The van der Waals surface area contributed by atoms with Crippen LogP contribution in [0.5, 0.6) is 0 Å². The van der Waals surface area contributed by atoms with E-state index in [1.807, 2.05) is 0 Å². The summed E-state index contributed by atoms with van der Waals surface area (Å²) in [7, 11) is 0. The van der Waals surface area contributed by atoms with E-state index in [1.54, 1.807) is 0 Å². The first kappa shape index (κ1) is 15.0. The maximum Gasteiger partial charge on any atom is 0.355 e. The molecule has 1 aromatic rings. The average molecular weight is 286 g/mol. The Morgan fingerprint density at radius 2 is 1.69 bits per heavy atom. The van der Waals surface area contributed by atoms with Gasteiger partial charge in [0.2, 0.25) is 0 Å². The van der Waals surface area contributed by atoms with E-state index in [4.69, 9.17) is 45.0 Å². The third-order valence-corrected chi connectivity index (χ3v) is 1.24. The van der Waals surface area contributed by atoms with Crippen LogP contribution in [0, 0.1) is 0 Å². The van der Waals surface area contributed by atoms with E-state index in [0.29, 0.717) is 0 Å². The van der Waals surface area contributed by atoms with E-state index in [9.17, 15) is 9.59 Å². The van der Waals surface area contributed by atoms with Gasteiger partial charge in [0.1, 0.15) is 0 Å². The fraction of sp³-hybridized carbons (Fsp3) is 0.125. The van der Waals surface area contributed by atoms with Crippen molar-refractivity contribution in [2.75, 3.05) is 0 Å². The normalized spacial score (nSPS) is 9.25. The van der Waals surface area contributed by atoms with Crippen molar-refractivity contribution in [1.29, 1.82) is 0 Å². The predicted molar refractivity (Wildman–Crippen MR) is 59.5 cm³/mol. The molecule has 0 aliphatic heterocycles. The predicted octanol–water partition coefficient (Wildman–Crippen LogP) is 2.46. The van der Waals surface area contributed by atoms with Gasteiger partial charge in [0.05, 0.1) is 5.56 Å². The molecule has 0 fully saturated rings. The number of hydrogen-bond acceptors (Lipinski definition) is 3. The first-order chi connectivity index (χ1) is 7.36. The van der Waals surface area contributed by atoms with E-state index >= 15 is 0 Å². The van der Waals surface area contributed by atoms with Gasteiger partial charge in [-0.15, -0.1) is 0 Å². The van der Waals surface area contributed by atoms with Gasteiger partial charge in [-0.05, 0) is 12.1 Å². The summed E-state index contributed by atoms with van der Waals surface area (Å²) >= 11 is 14.4. The average Bonchev–Trinajstić information content (AvgIpc) is 2.16. The van der Waals surface area contributed by atoms with Crippen LogP contribution in [-0.4, -0.2) is 31.4 Å². The lowest BCUT2D eigenvalue weighted by molar-refractivity contribution is 0.0646. The highest BCUT2D eigenvalue weighted by Gasteiger charge is 2.15. The topological polar surface area (TPSA) is 87.5 Å². The zero-order valence-electron chi connectivity index (χ0n) is 7.60. The summed E-state index contributed by atoms with van der Waals surface area (Å²) in [4.78, 5) is 24.2. The van der Waals surface area contributed by atoms with Crippen molar-refractivity contribution in [3.8, 4) is 0 Å². The van der Waals surface area contributed by atoms with Gasteiger partial charge in [0.15, 0.2) is 9.99 Å². The monoisotopic (exact) mass is 285 g/mol. The van der Waals surface area contributed by atoms with Gasteiger partial charge in [0, 0.05) is 6.20 Å². The van der Waals surface area contributed by atoms with Crippen molar-refractivity contribution in [1.82, 2.24) is 4.98 Å². The molecular formula is C8H6Cl3NO4. The lowest BCUT2D eigenvalue weighted by Gasteiger charge is -1.97. The summed E-state index contributed by atoms with van der Waals surface area (Å²) < 4.78 is -0.750. The molecule has 0 aliphatic carbocycles. The molecule has 0 spiro atoms. The van der Waals surface area contributed by atoms with Crippen molar-refractivity contribution in [3.05, 3.63) is 29.6 Å². The van der Waals surface area contributed by atoms with Crippen LogP contribution in [0.2, 0.25) is 0 Å². The summed E-state index contributed by atoms with van der Waals surface area (Å²) in [6, 6.07) is 2.56. The number of carboxylic acid groups (broad SMARTS) is 2. The molecule has 0 atom stereocenters. The molecule has 1 aromatic heterocycles. The largest absolute Gasteiger partial charge is 0.478 e. The molecule has 5 nitrogen and oxygen atoms in total. The van der Waals surface area contributed by atoms with Crippen LogP contribution in [0.25, 0.3) is 0 Å². The number of nitrogens with zero attached hydrogens (tertiary/aromatic N) is 1. The van der Waals surface area contributed by atoms with Crippen LogP contribution in [0.1, 0.15) is 20.8 Å². The summed E-state index contributed by atoms with van der Waals surface area (Å²) in [6.07, 6.45) is 1.23. The highest BCUT2D eigenvalue weighted by Crippen LogP contribution is 2.04. The number of aromatic nitrogens is 1. The van der Waals surface area contributed by atoms with Crippen molar-refractivity contribution in [2.24, 2.45) is 0 Å². The van der Waals surface area contributed by atoms with Gasteiger partial charge in [-0.2, -0.15) is 0 Å². The number of carboxylic acids is 2. The minimum Gasteiger partial charge on any atom is -0.478 e. The molecule has 16 heavy (non-hydrogen) atoms. The van der Waals surface area contributed by atoms with Gasteiger partial charge in [-0.25, -0.2) is 14.6 Å². The highest BCUT2D eigenvalue weighted by atomic mass is 35.6. The number of alkyl halides is 3. The van der Waals surface area contributed by atoms with Crippen LogP contribution in [0.15, 0.2) is 18.3 Å². The van der Waals surface area contributed by atoms with E-state index in [-0.39, 0.29) is 5.56 Å². The summed E-state index contributed by atoms with van der Waals surface area (Å²) in [6.45, 7) is 0. The molecule has 0 aromatic carbocycles. The number of carbonyl (C=O) groups is 2.